The fourth-order valence-corrected chi connectivity index (χ4v) is 3.23. The second kappa shape index (κ2) is 6.45. The summed E-state index contributed by atoms with van der Waals surface area (Å²) >= 11 is 1.30. The smallest absolute Gasteiger partial charge is 0.281 e. The van der Waals surface area contributed by atoms with Gasteiger partial charge >= 0.3 is 0 Å². The van der Waals surface area contributed by atoms with Crippen molar-refractivity contribution in [3.05, 3.63) is 47.1 Å². The van der Waals surface area contributed by atoms with Crippen LogP contribution in [0.5, 0.6) is 0 Å². The van der Waals surface area contributed by atoms with Gasteiger partial charge in [0.05, 0.1) is 5.69 Å². The number of aryl methyl sites for hydroxylation is 1. The number of thiazole rings is 1. The molecule has 124 valence electrons. The van der Waals surface area contributed by atoms with Crippen LogP contribution in [0.4, 0.5) is 0 Å². The molecule has 0 unspecified atom stereocenters. The second-order valence-electron chi connectivity index (χ2n) is 5.76. The van der Waals surface area contributed by atoms with Crippen molar-refractivity contribution in [2.45, 2.75) is 20.8 Å². The molecule has 0 saturated heterocycles. The van der Waals surface area contributed by atoms with E-state index in [-0.39, 0.29) is 17.7 Å². The molecule has 0 spiro atoms. The molecule has 2 amide bonds. The lowest BCUT2D eigenvalue weighted by atomic mass is 10.2. The van der Waals surface area contributed by atoms with E-state index in [1.54, 1.807) is 13.8 Å². The number of fused-ring (bicyclic) bond motifs is 1. The van der Waals surface area contributed by atoms with Crippen LogP contribution in [0.15, 0.2) is 36.5 Å². The van der Waals surface area contributed by atoms with Gasteiger partial charge in [0, 0.05) is 23.4 Å². The zero-order chi connectivity index (χ0) is 17.3. The number of carbonyl (C=O) groups is 2. The molecule has 0 aliphatic rings. The maximum Gasteiger partial charge on any atom is 0.281 e. The number of nitrogens with one attached hydrogen (secondary N) is 2. The maximum absolute atomic E-state index is 12.3. The molecule has 24 heavy (non-hydrogen) atoms. The third kappa shape index (κ3) is 3.03. The molecule has 3 rings (SSSR count). The van der Waals surface area contributed by atoms with Crippen molar-refractivity contribution < 1.29 is 9.59 Å². The normalized spacial score (nSPS) is 11.0. The molecule has 7 heteroatoms. The highest BCUT2D eigenvalue weighted by atomic mass is 32.1. The molecule has 2 heterocycles. The first-order valence-corrected chi connectivity index (χ1v) is 8.43. The van der Waals surface area contributed by atoms with Crippen molar-refractivity contribution in [1.29, 1.82) is 0 Å². The largest absolute Gasteiger partial charge is 0.293 e. The summed E-state index contributed by atoms with van der Waals surface area (Å²) in [6, 6.07) is 9.88. The average molecular weight is 342 g/mol. The van der Waals surface area contributed by atoms with E-state index in [2.05, 4.69) is 15.8 Å². The number of benzene rings is 1. The summed E-state index contributed by atoms with van der Waals surface area (Å²) in [5.74, 6) is -0.757. The number of imidazole rings is 1. The number of nitrogens with zero attached hydrogens (tertiary/aromatic N) is 2. The molecule has 2 aromatic heterocycles. The average Bonchev–Trinajstić information content (AvgIpc) is 3.13. The van der Waals surface area contributed by atoms with E-state index in [0.29, 0.717) is 4.88 Å². The monoisotopic (exact) mass is 342 g/mol. The van der Waals surface area contributed by atoms with Crippen LogP contribution >= 0.6 is 11.3 Å². The van der Waals surface area contributed by atoms with Crippen LogP contribution < -0.4 is 10.9 Å². The van der Waals surface area contributed by atoms with Gasteiger partial charge in [0.25, 0.3) is 5.91 Å². The van der Waals surface area contributed by atoms with Gasteiger partial charge < -0.3 is 0 Å². The van der Waals surface area contributed by atoms with Crippen LogP contribution in [0.1, 0.15) is 29.2 Å². The van der Waals surface area contributed by atoms with Gasteiger partial charge in [-0.1, -0.05) is 55.5 Å². The fraction of sp³-hybridized carbons (Fsp3) is 0.235. The lowest BCUT2D eigenvalue weighted by Gasteiger charge is -2.08. The first kappa shape index (κ1) is 16.2. The summed E-state index contributed by atoms with van der Waals surface area (Å²) in [5.41, 5.74) is 7.56. The van der Waals surface area contributed by atoms with E-state index >= 15 is 0 Å². The van der Waals surface area contributed by atoms with Crippen LogP contribution in [0, 0.1) is 12.8 Å². The van der Waals surface area contributed by atoms with Crippen molar-refractivity contribution in [2.75, 3.05) is 0 Å². The molecule has 2 N–H and O–H groups in total. The van der Waals surface area contributed by atoms with E-state index in [0.717, 1.165) is 21.9 Å². The summed E-state index contributed by atoms with van der Waals surface area (Å²) in [5, 5.41) is 0. The molecule has 0 bridgehead atoms. The zero-order valence-corrected chi connectivity index (χ0v) is 14.5. The molecule has 3 aromatic rings. The highest BCUT2D eigenvalue weighted by Crippen LogP contribution is 2.26. The molecule has 0 aliphatic carbocycles. The number of hydrazine groups is 1. The Labute approximate surface area is 143 Å². The number of hydrogen-bond acceptors (Lipinski definition) is 4. The molecular weight excluding hydrogens is 324 g/mol. The minimum Gasteiger partial charge on any atom is -0.293 e. The Balaban J connectivity index is 1.83. The van der Waals surface area contributed by atoms with Crippen LogP contribution in [0.2, 0.25) is 0 Å². The number of aromatic nitrogens is 2. The van der Waals surface area contributed by atoms with Gasteiger partial charge in [-0.25, -0.2) is 4.98 Å². The molecule has 1 aromatic carbocycles. The SMILES string of the molecule is Cc1c(C(=O)NNC(=O)C(C)C)sc2nc(-c3ccccc3)cn12. The zero-order valence-electron chi connectivity index (χ0n) is 13.7. The lowest BCUT2D eigenvalue weighted by Crippen LogP contribution is -2.43. The minimum absolute atomic E-state index is 0.194. The van der Waals surface area contributed by atoms with E-state index in [9.17, 15) is 9.59 Å². The van der Waals surface area contributed by atoms with Gasteiger partial charge in [-0.05, 0) is 6.92 Å². The predicted octanol–water partition coefficient (Wildman–Crippen LogP) is 2.79. The maximum atomic E-state index is 12.3. The van der Waals surface area contributed by atoms with E-state index in [1.165, 1.54) is 11.3 Å². The molecule has 0 radical (unpaired) electrons. The Morgan fingerprint density at radius 2 is 1.88 bits per heavy atom. The molecule has 0 aliphatic heterocycles. The number of rotatable bonds is 3. The van der Waals surface area contributed by atoms with E-state index in [4.69, 9.17) is 0 Å². The fourth-order valence-electron chi connectivity index (χ4n) is 2.23. The van der Waals surface area contributed by atoms with Crippen molar-refractivity contribution in [3.63, 3.8) is 0 Å². The van der Waals surface area contributed by atoms with E-state index < -0.39 is 0 Å². The predicted molar refractivity (Wildman–Crippen MR) is 93.7 cm³/mol. The highest BCUT2D eigenvalue weighted by Gasteiger charge is 2.18. The molecular formula is C17H18N4O2S. The lowest BCUT2D eigenvalue weighted by molar-refractivity contribution is -0.124. The minimum atomic E-state index is -0.335. The van der Waals surface area contributed by atoms with Gasteiger partial charge in [0.1, 0.15) is 4.88 Å². The first-order valence-electron chi connectivity index (χ1n) is 7.61. The Morgan fingerprint density at radius 3 is 2.50 bits per heavy atom. The number of carbonyl (C=O) groups excluding carboxylic acids is 2. The molecule has 0 atom stereocenters. The Bertz CT molecular complexity index is 896. The highest BCUT2D eigenvalue weighted by molar-refractivity contribution is 7.19. The molecule has 6 nitrogen and oxygen atoms in total. The Kier molecular flexibility index (Phi) is 4.35. The van der Waals surface area contributed by atoms with Gasteiger partial charge in [0.2, 0.25) is 5.91 Å². The summed E-state index contributed by atoms with van der Waals surface area (Å²) in [6.07, 6.45) is 1.92. The standard InChI is InChI=1S/C17H18N4O2S/c1-10(2)15(22)19-20-16(23)14-11(3)21-9-13(18-17(21)24-14)12-7-5-4-6-8-12/h4-10H,1-3H3,(H,19,22)(H,20,23). The first-order chi connectivity index (χ1) is 11.5. The quantitative estimate of drug-likeness (QED) is 0.719. The third-order valence-electron chi connectivity index (χ3n) is 3.66. The van der Waals surface area contributed by atoms with Crippen LogP contribution in [-0.4, -0.2) is 21.2 Å². The summed E-state index contributed by atoms with van der Waals surface area (Å²) in [6.45, 7) is 5.38. The summed E-state index contributed by atoms with van der Waals surface area (Å²) < 4.78 is 1.90. The third-order valence-corrected chi connectivity index (χ3v) is 4.81. The summed E-state index contributed by atoms with van der Waals surface area (Å²) in [7, 11) is 0. The Hall–Kier alpha value is -2.67. The van der Waals surface area contributed by atoms with Crippen molar-refractivity contribution in [1.82, 2.24) is 20.2 Å². The van der Waals surface area contributed by atoms with Gasteiger partial charge in [0.15, 0.2) is 4.96 Å². The molecule has 0 fully saturated rings. The summed E-state index contributed by atoms with van der Waals surface area (Å²) in [4.78, 5) is 29.7. The van der Waals surface area contributed by atoms with Gasteiger partial charge in [-0.2, -0.15) is 0 Å². The van der Waals surface area contributed by atoms with E-state index in [1.807, 2.05) is 47.9 Å². The van der Waals surface area contributed by atoms with Crippen LogP contribution in [0.3, 0.4) is 0 Å². The number of hydrogen-bond donors (Lipinski definition) is 2. The molecule has 0 saturated carbocycles. The topological polar surface area (TPSA) is 75.5 Å². The van der Waals surface area contributed by atoms with Crippen molar-refractivity contribution in [2.24, 2.45) is 5.92 Å². The van der Waals surface area contributed by atoms with Crippen molar-refractivity contribution >= 4 is 28.1 Å². The van der Waals surface area contributed by atoms with Crippen LogP contribution in [0.25, 0.3) is 16.2 Å². The second-order valence-corrected chi connectivity index (χ2v) is 6.74. The van der Waals surface area contributed by atoms with Crippen LogP contribution in [-0.2, 0) is 4.79 Å². The van der Waals surface area contributed by atoms with Crippen molar-refractivity contribution in [3.8, 4) is 11.3 Å². The number of amides is 2. The van der Waals surface area contributed by atoms with Gasteiger partial charge in [-0.15, -0.1) is 0 Å². The Morgan fingerprint density at radius 1 is 1.17 bits per heavy atom. The van der Waals surface area contributed by atoms with Gasteiger partial charge in [-0.3, -0.25) is 24.8 Å².